The summed E-state index contributed by atoms with van der Waals surface area (Å²) < 4.78 is 1.46. The summed E-state index contributed by atoms with van der Waals surface area (Å²) in [4.78, 5) is 29.6. The number of carboxylic acid groups (broad SMARTS) is 3. The third-order valence-corrected chi connectivity index (χ3v) is 7.74. The Morgan fingerprint density at radius 1 is 0.568 bits per heavy atom. The molecule has 0 fully saturated rings. The Kier molecular flexibility index (Phi) is 45.7. The van der Waals surface area contributed by atoms with E-state index in [1.54, 1.807) is 22.5 Å². The van der Waals surface area contributed by atoms with Crippen LogP contribution in [0.1, 0.15) is 90.4 Å². The van der Waals surface area contributed by atoms with Crippen molar-refractivity contribution in [2.45, 2.75) is 111 Å². The molecule has 0 spiro atoms. The van der Waals surface area contributed by atoms with E-state index in [4.69, 9.17) is 0 Å². The molecule has 0 saturated carbocycles. The smallest absolute Gasteiger partial charge is 0.0542 e. The normalized spacial score (nSPS) is 12.4. The van der Waals surface area contributed by atoms with Crippen molar-refractivity contribution in [2.75, 3.05) is 17.3 Å². The summed E-state index contributed by atoms with van der Waals surface area (Å²) in [5.41, 5.74) is 0. The zero-order valence-electron chi connectivity index (χ0n) is 21.9. The minimum absolute atomic E-state index is 0.453. The van der Waals surface area contributed by atoms with E-state index in [1.165, 1.54) is 68.6 Å². The number of carbonyl (C=O) groups excluding carboxylic acids is 3. The van der Waals surface area contributed by atoms with Crippen molar-refractivity contribution < 1.29 is 29.7 Å². The van der Waals surface area contributed by atoms with E-state index < -0.39 is 33.7 Å². The summed E-state index contributed by atoms with van der Waals surface area (Å²) in [6, 6.07) is 0. The van der Waals surface area contributed by atoms with Gasteiger partial charge in [0.15, 0.2) is 0 Å². The van der Waals surface area contributed by atoms with Gasteiger partial charge in [-0.1, -0.05) is 0 Å². The molecule has 0 aliphatic heterocycles. The molecule has 0 bridgehead atoms. The summed E-state index contributed by atoms with van der Waals surface area (Å²) in [6.07, 6.45) is 16.0. The zero-order chi connectivity index (χ0) is 29.5. The van der Waals surface area contributed by atoms with E-state index in [1.807, 2.05) is 0 Å². The van der Waals surface area contributed by atoms with Crippen molar-refractivity contribution in [3.63, 3.8) is 0 Å². The van der Waals surface area contributed by atoms with Crippen LogP contribution in [0.3, 0.4) is 0 Å². The van der Waals surface area contributed by atoms with E-state index in [9.17, 15) is 29.7 Å². The van der Waals surface area contributed by atoms with Crippen LogP contribution in [-0.4, -0.2) is 73.4 Å². The van der Waals surface area contributed by atoms with Crippen molar-refractivity contribution in [3.8, 4) is 0 Å². The van der Waals surface area contributed by atoms with E-state index in [2.05, 4.69) is 82.7 Å². The van der Waals surface area contributed by atoms with Gasteiger partial charge < -0.3 is 29.7 Å². The number of hydrogen-bond acceptors (Lipinski definition) is 12. The molecule has 37 heavy (non-hydrogen) atoms. The molecule has 0 heterocycles. The molecule has 0 aliphatic carbocycles. The number of thiol groups is 6. The minimum Gasteiger partial charge on any atom is -0.549 e. The fraction of sp³-hybridized carbons (Fsp3) is 0.875. The van der Waals surface area contributed by atoms with Crippen LogP contribution in [0.2, 0.25) is 4.44 Å². The fourth-order valence-corrected chi connectivity index (χ4v) is 4.82. The second-order valence-corrected chi connectivity index (χ2v) is 12.6. The molecule has 0 aromatic rings. The molecular formula is C24H46O6S6Sn. The SMILES string of the molecule is CCCCCCCCCCC[CH2][Sn+3].O=C([O-])C(S)CCS.O=C([O-])C(S)CCS.O=C([O-])C(S)CCS. The van der Waals surface area contributed by atoms with Crippen LogP contribution in [0.25, 0.3) is 0 Å². The Labute approximate surface area is 271 Å². The Morgan fingerprint density at radius 3 is 0.973 bits per heavy atom. The van der Waals surface area contributed by atoms with Crippen LogP contribution < -0.4 is 15.3 Å². The number of hydrogen-bond donors (Lipinski definition) is 6. The van der Waals surface area contributed by atoms with Crippen LogP contribution in [-0.2, 0) is 14.4 Å². The first-order valence-corrected chi connectivity index (χ1v) is 18.1. The predicted octanol–water partition coefficient (Wildman–Crippen LogP) is 2.56. The molecule has 3 unspecified atom stereocenters. The third kappa shape index (κ3) is 44.6. The zero-order valence-corrected chi connectivity index (χ0v) is 30.1. The first-order valence-electron chi connectivity index (χ1n) is 12.6. The van der Waals surface area contributed by atoms with Gasteiger partial charge in [0.25, 0.3) is 0 Å². The summed E-state index contributed by atoms with van der Waals surface area (Å²) in [5, 5.41) is 27.6. The molecule has 0 rings (SSSR count). The van der Waals surface area contributed by atoms with Gasteiger partial charge in [-0.25, -0.2) is 0 Å². The van der Waals surface area contributed by atoms with E-state index >= 15 is 0 Å². The summed E-state index contributed by atoms with van der Waals surface area (Å²) >= 11 is 24.2. The molecule has 0 aromatic carbocycles. The molecule has 0 amide bonds. The van der Waals surface area contributed by atoms with Gasteiger partial charge in [0.05, 0.1) is 17.9 Å². The van der Waals surface area contributed by atoms with Gasteiger partial charge in [0, 0.05) is 15.7 Å². The summed E-state index contributed by atoms with van der Waals surface area (Å²) in [5.74, 6) is -1.78. The van der Waals surface area contributed by atoms with Gasteiger partial charge in [-0.05, 0) is 36.5 Å². The van der Waals surface area contributed by atoms with Gasteiger partial charge in [0.1, 0.15) is 0 Å². The van der Waals surface area contributed by atoms with Crippen molar-refractivity contribution in [2.24, 2.45) is 0 Å². The maximum absolute atomic E-state index is 9.87. The molecule has 0 aromatic heterocycles. The Hall–Kier alpha value is 1.31. The first-order chi connectivity index (χ1) is 17.5. The quantitative estimate of drug-likeness (QED) is 0.0689. The van der Waals surface area contributed by atoms with Gasteiger partial charge >= 0.3 is 98.1 Å². The van der Waals surface area contributed by atoms with E-state index in [0.29, 0.717) is 36.5 Å². The second-order valence-electron chi connectivity index (χ2n) is 7.97. The average molecular weight is 742 g/mol. The number of unbranched alkanes of at least 4 members (excludes halogenated alkanes) is 9. The van der Waals surface area contributed by atoms with Gasteiger partial charge in [-0.15, -0.1) is 0 Å². The molecule has 0 aliphatic rings. The van der Waals surface area contributed by atoms with Gasteiger partial charge in [-0.3, -0.25) is 0 Å². The number of aliphatic carboxylic acids is 3. The summed E-state index contributed by atoms with van der Waals surface area (Å²) in [7, 11) is 0. The average Bonchev–Trinajstić information content (AvgIpc) is 2.84. The molecule has 0 radical (unpaired) electrons. The van der Waals surface area contributed by atoms with Crippen molar-refractivity contribution >= 4 is 116 Å². The van der Waals surface area contributed by atoms with Crippen LogP contribution in [0.4, 0.5) is 0 Å². The first kappa shape index (κ1) is 45.3. The van der Waals surface area contributed by atoms with Crippen LogP contribution >= 0.6 is 75.8 Å². The fourth-order valence-electron chi connectivity index (χ4n) is 2.33. The summed E-state index contributed by atoms with van der Waals surface area (Å²) in [6.45, 7) is 2.28. The number of carbonyl (C=O) groups is 3. The molecule has 6 nitrogen and oxygen atoms in total. The molecule has 0 saturated heterocycles. The molecule has 218 valence electrons. The van der Waals surface area contributed by atoms with Crippen LogP contribution in [0, 0.1) is 0 Å². The Bertz CT molecular complexity index is 458. The monoisotopic (exact) mass is 742 g/mol. The van der Waals surface area contributed by atoms with Crippen molar-refractivity contribution in [1.82, 2.24) is 0 Å². The molecule has 0 N–H and O–H groups in total. The maximum atomic E-state index is 9.87. The Balaban J connectivity index is -0.000000202. The topological polar surface area (TPSA) is 120 Å². The molecular weight excluding hydrogens is 695 g/mol. The van der Waals surface area contributed by atoms with Crippen LogP contribution in [0.5, 0.6) is 0 Å². The van der Waals surface area contributed by atoms with Crippen molar-refractivity contribution in [3.05, 3.63) is 0 Å². The molecule has 13 heteroatoms. The van der Waals surface area contributed by atoms with Gasteiger partial charge in [0.2, 0.25) is 0 Å². The van der Waals surface area contributed by atoms with Crippen molar-refractivity contribution in [1.29, 1.82) is 0 Å². The van der Waals surface area contributed by atoms with Gasteiger partial charge in [-0.2, -0.15) is 75.8 Å². The maximum Gasteiger partial charge on any atom is 0.0542 e. The predicted molar refractivity (Wildman–Crippen MR) is 171 cm³/mol. The number of rotatable bonds is 19. The minimum atomic E-state index is -1.12. The molecule has 3 atom stereocenters. The second kappa shape index (κ2) is 37.3. The number of carboxylic acids is 3. The standard InChI is InChI=1S/C12H25.3C4H8O2S2.Sn/c1-3-5-7-9-11-12-10-8-6-4-2;3*5-4(6)3(8)1-2-7;/h1,3-12H2,2H3;3*3,7-8H,1-2H2,(H,5,6);/q;;;;+3/p-3. The van der Waals surface area contributed by atoms with E-state index in [0.717, 1.165) is 0 Å². The third-order valence-electron chi connectivity index (χ3n) is 4.55. The largest absolute Gasteiger partial charge is 0.549 e. The van der Waals surface area contributed by atoms with E-state index in [-0.39, 0.29) is 0 Å². The Morgan fingerprint density at radius 2 is 0.811 bits per heavy atom. The van der Waals surface area contributed by atoms with Crippen LogP contribution in [0.15, 0.2) is 0 Å².